The van der Waals surface area contributed by atoms with E-state index in [9.17, 15) is 4.79 Å². The molecule has 0 fully saturated rings. The minimum Gasteiger partial charge on any atom is -0.497 e. The van der Waals surface area contributed by atoms with E-state index in [1.165, 1.54) is 0 Å². The zero-order chi connectivity index (χ0) is 16.7. The van der Waals surface area contributed by atoms with Crippen LogP contribution in [0.25, 0.3) is 33.1 Å². The fraction of sp³-hybridized carbons (Fsp3) is 0.0952. The minimum absolute atomic E-state index is 0.0257. The summed E-state index contributed by atoms with van der Waals surface area (Å²) >= 11 is 0. The molecule has 0 aliphatic heterocycles. The van der Waals surface area contributed by atoms with Crippen LogP contribution < -0.4 is 10.2 Å². The van der Waals surface area contributed by atoms with Crippen molar-refractivity contribution in [1.29, 1.82) is 0 Å². The van der Waals surface area contributed by atoms with Crippen LogP contribution in [0, 0.1) is 6.92 Å². The van der Waals surface area contributed by atoms with E-state index in [1.807, 2.05) is 49.4 Å². The van der Waals surface area contributed by atoms with Crippen molar-refractivity contribution in [2.45, 2.75) is 6.92 Å². The SMILES string of the molecule is COc1ccc2oc3cc(-c4ccccc4)cc(C)c3c(=O)c2c1. The topological polar surface area (TPSA) is 39.4 Å². The van der Waals surface area contributed by atoms with Crippen LogP contribution in [-0.2, 0) is 0 Å². The fourth-order valence-corrected chi connectivity index (χ4v) is 3.08. The van der Waals surface area contributed by atoms with Crippen LogP contribution in [0.4, 0.5) is 0 Å². The molecule has 0 spiro atoms. The van der Waals surface area contributed by atoms with E-state index in [0.29, 0.717) is 27.7 Å². The van der Waals surface area contributed by atoms with Crippen molar-refractivity contribution in [1.82, 2.24) is 0 Å². The second kappa shape index (κ2) is 5.53. The molecule has 0 saturated carbocycles. The van der Waals surface area contributed by atoms with Crippen LogP contribution >= 0.6 is 0 Å². The van der Waals surface area contributed by atoms with Gasteiger partial charge in [0.05, 0.1) is 17.9 Å². The molecule has 1 aromatic heterocycles. The summed E-state index contributed by atoms with van der Waals surface area (Å²) in [5, 5.41) is 1.16. The van der Waals surface area contributed by atoms with Gasteiger partial charge in [-0.1, -0.05) is 36.4 Å². The molecule has 3 nitrogen and oxygen atoms in total. The third kappa shape index (κ3) is 2.26. The van der Waals surface area contributed by atoms with E-state index in [2.05, 4.69) is 0 Å². The van der Waals surface area contributed by atoms with Crippen molar-refractivity contribution in [3.05, 3.63) is 76.5 Å². The third-order valence-corrected chi connectivity index (χ3v) is 4.28. The first-order valence-electron chi connectivity index (χ1n) is 7.78. The molecule has 0 bridgehead atoms. The van der Waals surface area contributed by atoms with E-state index < -0.39 is 0 Å². The molecule has 0 aliphatic carbocycles. The van der Waals surface area contributed by atoms with E-state index in [0.717, 1.165) is 16.7 Å². The third-order valence-electron chi connectivity index (χ3n) is 4.28. The highest BCUT2D eigenvalue weighted by atomic mass is 16.5. The maximum Gasteiger partial charge on any atom is 0.200 e. The Morgan fingerprint density at radius 3 is 2.42 bits per heavy atom. The predicted molar refractivity (Wildman–Crippen MR) is 96.7 cm³/mol. The van der Waals surface area contributed by atoms with Crippen LogP contribution in [0.5, 0.6) is 5.75 Å². The molecular weight excluding hydrogens is 300 g/mol. The zero-order valence-corrected chi connectivity index (χ0v) is 13.5. The first-order chi connectivity index (χ1) is 11.7. The molecule has 0 N–H and O–H groups in total. The summed E-state index contributed by atoms with van der Waals surface area (Å²) < 4.78 is 11.2. The van der Waals surface area contributed by atoms with Crippen molar-refractivity contribution >= 4 is 21.9 Å². The molecule has 3 heteroatoms. The number of hydrogen-bond acceptors (Lipinski definition) is 3. The van der Waals surface area contributed by atoms with Crippen LogP contribution in [0.1, 0.15) is 5.56 Å². The number of benzene rings is 3. The maximum absolute atomic E-state index is 12.9. The second-order valence-corrected chi connectivity index (χ2v) is 5.83. The predicted octanol–water partition coefficient (Wildman–Crippen LogP) is 4.93. The highest BCUT2D eigenvalue weighted by molar-refractivity contribution is 5.94. The molecule has 0 saturated heterocycles. The van der Waals surface area contributed by atoms with Gasteiger partial charge in [-0.15, -0.1) is 0 Å². The summed E-state index contributed by atoms with van der Waals surface area (Å²) in [5.74, 6) is 0.646. The molecule has 118 valence electrons. The zero-order valence-electron chi connectivity index (χ0n) is 13.5. The summed E-state index contributed by atoms with van der Waals surface area (Å²) in [6, 6.07) is 19.3. The van der Waals surface area contributed by atoms with Gasteiger partial charge in [-0.25, -0.2) is 0 Å². The lowest BCUT2D eigenvalue weighted by Gasteiger charge is -2.09. The molecular formula is C21H16O3. The van der Waals surface area contributed by atoms with E-state index in [-0.39, 0.29) is 5.43 Å². The highest BCUT2D eigenvalue weighted by Crippen LogP contribution is 2.29. The van der Waals surface area contributed by atoms with Crippen molar-refractivity contribution in [3.63, 3.8) is 0 Å². The van der Waals surface area contributed by atoms with Gasteiger partial charge in [0.25, 0.3) is 0 Å². The molecule has 0 amide bonds. The summed E-state index contributed by atoms with van der Waals surface area (Å²) in [6.45, 7) is 1.94. The quantitative estimate of drug-likeness (QED) is 0.492. The normalized spacial score (nSPS) is 11.1. The Morgan fingerprint density at radius 1 is 0.875 bits per heavy atom. The van der Waals surface area contributed by atoms with Crippen LogP contribution in [0.3, 0.4) is 0 Å². The second-order valence-electron chi connectivity index (χ2n) is 5.83. The van der Waals surface area contributed by atoms with E-state index >= 15 is 0 Å². The van der Waals surface area contributed by atoms with Gasteiger partial charge in [0.15, 0.2) is 0 Å². The van der Waals surface area contributed by atoms with Crippen LogP contribution in [0.2, 0.25) is 0 Å². The molecule has 4 rings (SSSR count). The van der Waals surface area contributed by atoms with E-state index in [4.69, 9.17) is 9.15 Å². The van der Waals surface area contributed by atoms with Crippen LogP contribution in [0.15, 0.2) is 69.9 Å². The number of rotatable bonds is 2. The summed E-state index contributed by atoms with van der Waals surface area (Å²) in [5.41, 5.74) is 4.19. The van der Waals surface area contributed by atoms with Crippen molar-refractivity contribution in [3.8, 4) is 16.9 Å². The Labute approximate surface area is 139 Å². The van der Waals surface area contributed by atoms with Gasteiger partial charge in [-0.2, -0.15) is 0 Å². The Balaban J connectivity index is 2.06. The molecule has 0 aliphatic rings. The summed E-state index contributed by atoms with van der Waals surface area (Å²) in [7, 11) is 1.58. The summed E-state index contributed by atoms with van der Waals surface area (Å²) in [6.07, 6.45) is 0. The molecule has 3 aromatic carbocycles. The van der Waals surface area contributed by atoms with Gasteiger partial charge in [0.1, 0.15) is 16.9 Å². The Hall–Kier alpha value is -3.07. The minimum atomic E-state index is -0.0257. The number of ether oxygens (including phenoxy) is 1. The van der Waals surface area contributed by atoms with Gasteiger partial charge in [-0.3, -0.25) is 4.79 Å². The highest BCUT2D eigenvalue weighted by Gasteiger charge is 2.12. The maximum atomic E-state index is 12.9. The average Bonchev–Trinajstić information content (AvgIpc) is 2.62. The number of aryl methyl sites for hydroxylation is 1. The number of hydrogen-bond donors (Lipinski definition) is 0. The fourth-order valence-electron chi connectivity index (χ4n) is 3.08. The van der Waals surface area contributed by atoms with Crippen molar-refractivity contribution < 1.29 is 9.15 Å². The molecule has 1 heterocycles. The van der Waals surface area contributed by atoms with Gasteiger partial charge >= 0.3 is 0 Å². The van der Waals surface area contributed by atoms with Crippen molar-refractivity contribution in [2.24, 2.45) is 0 Å². The van der Waals surface area contributed by atoms with Crippen LogP contribution in [-0.4, -0.2) is 7.11 Å². The molecule has 0 radical (unpaired) electrons. The van der Waals surface area contributed by atoms with Crippen molar-refractivity contribution in [2.75, 3.05) is 7.11 Å². The van der Waals surface area contributed by atoms with Gasteiger partial charge in [0, 0.05) is 0 Å². The van der Waals surface area contributed by atoms with Gasteiger partial charge in [0.2, 0.25) is 5.43 Å². The lowest BCUT2D eigenvalue weighted by molar-refractivity contribution is 0.415. The molecule has 24 heavy (non-hydrogen) atoms. The first-order valence-corrected chi connectivity index (χ1v) is 7.78. The lowest BCUT2D eigenvalue weighted by Crippen LogP contribution is -2.04. The molecule has 4 aromatic rings. The van der Waals surface area contributed by atoms with Gasteiger partial charge < -0.3 is 9.15 Å². The Morgan fingerprint density at radius 2 is 1.67 bits per heavy atom. The monoisotopic (exact) mass is 316 g/mol. The van der Waals surface area contributed by atoms with E-state index in [1.54, 1.807) is 25.3 Å². The van der Waals surface area contributed by atoms with Gasteiger partial charge in [-0.05, 0) is 47.9 Å². The standard InChI is InChI=1S/C21H16O3/c1-13-10-15(14-6-4-3-5-7-14)11-19-20(13)21(22)17-12-16(23-2)8-9-18(17)24-19/h3-12H,1-2H3. The molecule has 0 atom stereocenters. The molecule has 0 unspecified atom stereocenters. The first kappa shape index (κ1) is 14.5. The Kier molecular flexibility index (Phi) is 3.35. The summed E-state index contributed by atoms with van der Waals surface area (Å²) in [4.78, 5) is 12.9. The smallest absolute Gasteiger partial charge is 0.200 e. The number of fused-ring (bicyclic) bond motifs is 2. The largest absolute Gasteiger partial charge is 0.497 e. The Bertz CT molecular complexity index is 1110. The number of methoxy groups -OCH3 is 1. The lowest BCUT2D eigenvalue weighted by atomic mass is 9.99. The average molecular weight is 316 g/mol.